The maximum Gasteiger partial charge on any atom is 0.0876 e. The van der Waals surface area contributed by atoms with Crippen LogP contribution < -0.4 is 0 Å². The molecule has 0 atom stereocenters. The molecule has 108 valence electrons. The minimum absolute atomic E-state index is 0.696. The van der Waals surface area contributed by atoms with Crippen LogP contribution in [0.2, 0.25) is 0 Å². The Hall–Kier alpha value is -2.03. The van der Waals surface area contributed by atoms with Crippen LogP contribution in [-0.4, -0.2) is 15.9 Å². The lowest BCUT2D eigenvalue weighted by Crippen LogP contribution is -2.01. The van der Waals surface area contributed by atoms with Gasteiger partial charge in [0.1, 0.15) is 0 Å². The second-order valence-corrected chi connectivity index (χ2v) is 6.21. The number of oxime groups is 1. The number of nitrogens with zero attached hydrogens (tertiary/aromatic N) is 1. The molecule has 0 radical (unpaired) electrons. The first kappa shape index (κ1) is 12.7. The van der Waals surface area contributed by atoms with Gasteiger partial charge < -0.3 is 10.2 Å². The summed E-state index contributed by atoms with van der Waals surface area (Å²) in [6.07, 6.45) is 9.17. The molecule has 3 nitrogen and oxygen atoms in total. The summed E-state index contributed by atoms with van der Waals surface area (Å²) in [7, 11) is 0. The average Bonchev–Trinajstić information content (AvgIpc) is 3.24. The first-order chi connectivity index (χ1) is 10.4. The SMILES string of the molecule is O/N=C1\CCC(C2CCCC2)=C1c1ccc2[nH]ccc2c1. The highest BCUT2D eigenvalue weighted by atomic mass is 16.4. The van der Waals surface area contributed by atoms with E-state index in [0.29, 0.717) is 5.92 Å². The Morgan fingerprint density at radius 3 is 2.76 bits per heavy atom. The predicted octanol–water partition coefficient (Wildman–Crippen LogP) is 4.74. The van der Waals surface area contributed by atoms with Crippen molar-refractivity contribution in [3.8, 4) is 0 Å². The fraction of sp³-hybridized carbons (Fsp3) is 0.389. The minimum Gasteiger partial charge on any atom is -0.411 e. The molecule has 0 unspecified atom stereocenters. The summed E-state index contributed by atoms with van der Waals surface area (Å²) in [5.74, 6) is 0.696. The smallest absolute Gasteiger partial charge is 0.0876 e. The van der Waals surface area contributed by atoms with Gasteiger partial charge in [-0.3, -0.25) is 0 Å². The van der Waals surface area contributed by atoms with E-state index in [-0.39, 0.29) is 0 Å². The van der Waals surface area contributed by atoms with Crippen molar-refractivity contribution in [2.45, 2.75) is 38.5 Å². The van der Waals surface area contributed by atoms with Crippen LogP contribution in [0.25, 0.3) is 16.5 Å². The summed E-state index contributed by atoms with van der Waals surface area (Å²) >= 11 is 0. The molecule has 4 rings (SSSR count). The molecule has 1 aromatic carbocycles. The summed E-state index contributed by atoms with van der Waals surface area (Å²) in [6.45, 7) is 0. The Labute approximate surface area is 124 Å². The van der Waals surface area contributed by atoms with E-state index in [1.807, 2.05) is 6.20 Å². The number of hydrogen-bond donors (Lipinski definition) is 2. The molecule has 0 aliphatic heterocycles. The van der Waals surface area contributed by atoms with Gasteiger partial charge >= 0.3 is 0 Å². The van der Waals surface area contributed by atoms with Crippen LogP contribution in [0, 0.1) is 5.92 Å². The lowest BCUT2D eigenvalue weighted by Gasteiger charge is -2.14. The van der Waals surface area contributed by atoms with E-state index < -0.39 is 0 Å². The number of nitrogens with one attached hydrogen (secondary N) is 1. The van der Waals surface area contributed by atoms with Crippen LogP contribution in [0.3, 0.4) is 0 Å². The van der Waals surface area contributed by atoms with E-state index in [9.17, 15) is 5.21 Å². The molecule has 0 saturated heterocycles. The van der Waals surface area contributed by atoms with Crippen molar-refractivity contribution in [3.05, 3.63) is 41.6 Å². The molecular weight excluding hydrogens is 260 g/mol. The fourth-order valence-corrected chi connectivity index (χ4v) is 4.03. The van der Waals surface area contributed by atoms with Gasteiger partial charge in [0.25, 0.3) is 0 Å². The monoisotopic (exact) mass is 280 g/mol. The lowest BCUT2D eigenvalue weighted by molar-refractivity contribution is 0.319. The van der Waals surface area contributed by atoms with E-state index in [0.717, 1.165) is 24.1 Å². The van der Waals surface area contributed by atoms with Gasteiger partial charge in [-0.25, -0.2) is 0 Å². The highest BCUT2D eigenvalue weighted by Gasteiger charge is 2.30. The Morgan fingerprint density at radius 1 is 1.10 bits per heavy atom. The van der Waals surface area contributed by atoms with Crippen molar-refractivity contribution in [1.82, 2.24) is 4.98 Å². The first-order valence-electron chi connectivity index (χ1n) is 7.88. The molecule has 21 heavy (non-hydrogen) atoms. The van der Waals surface area contributed by atoms with Crippen molar-refractivity contribution < 1.29 is 5.21 Å². The van der Waals surface area contributed by atoms with E-state index in [1.54, 1.807) is 0 Å². The Kier molecular flexibility index (Phi) is 3.06. The summed E-state index contributed by atoms with van der Waals surface area (Å²) < 4.78 is 0. The molecule has 3 heteroatoms. The quantitative estimate of drug-likeness (QED) is 0.606. The van der Waals surface area contributed by atoms with Crippen molar-refractivity contribution in [2.75, 3.05) is 0 Å². The van der Waals surface area contributed by atoms with Crippen LogP contribution in [0.15, 0.2) is 41.2 Å². The van der Waals surface area contributed by atoms with Gasteiger partial charge in [0.15, 0.2) is 0 Å². The molecule has 2 aliphatic carbocycles. The Morgan fingerprint density at radius 2 is 1.95 bits per heavy atom. The van der Waals surface area contributed by atoms with E-state index >= 15 is 0 Å². The number of hydrogen-bond acceptors (Lipinski definition) is 2. The topological polar surface area (TPSA) is 48.4 Å². The molecule has 0 bridgehead atoms. The summed E-state index contributed by atoms with van der Waals surface area (Å²) in [5.41, 5.74) is 5.96. The molecule has 0 spiro atoms. The third-order valence-corrected chi connectivity index (χ3v) is 5.05. The van der Waals surface area contributed by atoms with E-state index in [4.69, 9.17) is 0 Å². The second kappa shape index (κ2) is 5.06. The average molecular weight is 280 g/mol. The third-order valence-electron chi connectivity index (χ3n) is 5.05. The van der Waals surface area contributed by atoms with Gasteiger partial charge in [0.2, 0.25) is 0 Å². The molecular formula is C18H20N2O. The van der Waals surface area contributed by atoms with Gasteiger partial charge in [-0.2, -0.15) is 0 Å². The number of H-pyrrole nitrogens is 1. The fourth-order valence-electron chi connectivity index (χ4n) is 4.03. The zero-order chi connectivity index (χ0) is 14.2. The maximum absolute atomic E-state index is 9.38. The Balaban J connectivity index is 1.85. The van der Waals surface area contributed by atoms with Crippen LogP contribution in [0.4, 0.5) is 0 Å². The molecule has 2 N–H and O–H groups in total. The highest BCUT2D eigenvalue weighted by molar-refractivity contribution is 6.27. The van der Waals surface area contributed by atoms with Crippen molar-refractivity contribution >= 4 is 22.2 Å². The number of benzene rings is 1. The molecule has 1 saturated carbocycles. The number of fused-ring (bicyclic) bond motifs is 1. The molecule has 1 heterocycles. The largest absolute Gasteiger partial charge is 0.411 e. The van der Waals surface area contributed by atoms with Gasteiger partial charge in [-0.15, -0.1) is 0 Å². The van der Waals surface area contributed by atoms with Crippen LogP contribution in [-0.2, 0) is 0 Å². The van der Waals surface area contributed by atoms with Gasteiger partial charge in [-0.05, 0) is 60.7 Å². The van der Waals surface area contributed by atoms with Gasteiger partial charge in [0, 0.05) is 17.3 Å². The van der Waals surface area contributed by atoms with Crippen LogP contribution in [0.5, 0.6) is 0 Å². The van der Waals surface area contributed by atoms with Crippen molar-refractivity contribution in [1.29, 1.82) is 0 Å². The minimum atomic E-state index is 0.696. The van der Waals surface area contributed by atoms with E-state index in [1.165, 1.54) is 47.8 Å². The molecule has 1 fully saturated rings. The van der Waals surface area contributed by atoms with Crippen LogP contribution >= 0.6 is 0 Å². The van der Waals surface area contributed by atoms with Gasteiger partial charge in [-0.1, -0.05) is 29.6 Å². The standard InChI is InChI=1S/C18H20N2O/c21-20-17-8-6-15(12-3-1-2-4-12)18(17)14-5-7-16-13(11-14)9-10-19-16/h5,7,9-12,19,21H,1-4,6,8H2/b20-17+. The summed E-state index contributed by atoms with van der Waals surface area (Å²) in [5, 5.41) is 14.2. The van der Waals surface area contributed by atoms with Gasteiger partial charge in [0.05, 0.1) is 5.71 Å². The summed E-state index contributed by atoms with van der Waals surface area (Å²) in [4.78, 5) is 3.23. The molecule has 1 aromatic heterocycles. The van der Waals surface area contributed by atoms with Crippen LogP contribution in [0.1, 0.15) is 44.1 Å². The summed E-state index contributed by atoms with van der Waals surface area (Å²) in [6, 6.07) is 8.59. The molecule has 0 amide bonds. The molecule has 2 aromatic rings. The number of allylic oxidation sites excluding steroid dienone is 2. The number of aromatic amines is 1. The predicted molar refractivity (Wildman–Crippen MR) is 85.6 cm³/mol. The number of rotatable bonds is 2. The first-order valence-corrected chi connectivity index (χ1v) is 7.88. The zero-order valence-corrected chi connectivity index (χ0v) is 12.1. The number of aromatic nitrogens is 1. The normalized spacial score (nSPS) is 22.0. The lowest BCUT2D eigenvalue weighted by atomic mass is 9.90. The van der Waals surface area contributed by atoms with Crippen molar-refractivity contribution in [3.63, 3.8) is 0 Å². The molecule has 2 aliphatic rings. The highest BCUT2D eigenvalue weighted by Crippen LogP contribution is 2.42. The van der Waals surface area contributed by atoms with Crippen molar-refractivity contribution in [2.24, 2.45) is 11.1 Å². The second-order valence-electron chi connectivity index (χ2n) is 6.21. The third kappa shape index (κ3) is 2.08. The zero-order valence-electron chi connectivity index (χ0n) is 12.1. The Bertz CT molecular complexity index is 733. The van der Waals surface area contributed by atoms with E-state index in [2.05, 4.69) is 34.4 Å². The maximum atomic E-state index is 9.38.